The molecule has 1 saturated heterocycles. The summed E-state index contributed by atoms with van der Waals surface area (Å²) >= 11 is 0. The van der Waals surface area contributed by atoms with Crippen LogP contribution < -0.4 is 14.8 Å². The molecule has 0 aliphatic carbocycles. The van der Waals surface area contributed by atoms with Gasteiger partial charge in [0.2, 0.25) is 0 Å². The van der Waals surface area contributed by atoms with Crippen LogP contribution in [-0.2, 0) is 16.3 Å². The molecule has 0 bridgehead atoms. The summed E-state index contributed by atoms with van der Waals surface area (Å²) in [5.74, 6) is 1.52. The Bertz CT molecular complexity index is 1210. The molecular weight excluding hydrogens is 458 g/mol. The van der Waals surface area contributed by atoms with Crippen LogP contribution in [0.4, 0.5) is 10.5 Å². The molecule has 1 amide bonds. The average Bonchev–Trinajstić information content (AvgIpc) is 3.34. The van der Waals surface area contributed by atoms with E-state index in [1.54, 1.807) is 24.3 Å². The van der Waals surface area contributed by atoms with E-state index in [2.05, 4.69) is 10.5 Å². The van der Waals surface area contributed by atoms with Gasteiger partial charge in [-0.05, 0) is 42.0 Å². The van der Waals surface area contributed by atoms with Gasteiger partial charge in [0, 0.05) is 43.6 Å². The van der Waals surface area contributed by atoms with Crippen molar-refractivity contribution in [1.82, 2.24) is 5.06 Å². The van der Waals surface area contributed by atoms with Crippen molar-refractivity contribution in [2.75, 3.05) is 25.5 Å². The van der Waals surface area contributed by atoms with E-state index in [-0.39, 0.29) is 5.60 Å². The maximum atomic E-state index is 12.4. The summed E-state index contributed by atoms with van der Waals surface area (Å²) in [5.41, 5.74) is 3.29. The van der Waals surface area contributed by atoms with Crippen molar-refractivity contribution in [2.24, 2.45) is 5.16 Å². The molecule has 2 aliphatic rings. The third-order valence-electron chi connectivity index (χ3n) is 6.44. The van der Waals surface area contributed by atoms with E-state index in [1.807, 2.05) is 66.7 Å². The zero-order valence-electron chi connectivity index (χ0n) is 20.2. The Kier molecular flexibility index (Phi) is 7.04. The molecule has 0 atom stereocenters. The van der Waals surface area contributed by atoms with Gasteiger partial charge in [-0.2, -0.15) is 0 Å². The first kappa shape index (κ1) is 23.7. The highest BCUT2D eigenvalue weighted by Crippen LogP contribution is 2.36. The topological polar surface area (TPSA) is 81.6 Å². The van der Waals surface area contributed by atoms with Gasteiger partial charge in [0.15, 0.2) is 0 Å². The lowest BCUT2D eigenvalue weighted by Crippen LogP contribution is -2.45. The number of carbonyl (C=O) groups is 1. The Morgan fingerprint density at radius 2 is 1.78 bits per heavy atom. The van der Waals surface area contributed by atoms with Crippen molar-refractivity contribution in [3.05, 3.63) is 90.0 Å². The van der Waals surface area contributed by atoms with E-state index in [1.165, 1.54) is 0 Å². The molecule has 1 fully saturated rings. The van der Waals surface area contributed by atoms with E-state index in [0.29, 0.717) is 38.2 Å². The minimum Gasteiger partial charge on any atom is -0.497 e. The van der Waals surface area contributed by atoms with Gasteiger partial charge in [0.25, 0.3) is 0 Å². The Hall–Kier alpha value is -4.04. The second kappa shape index (κ2) is 10.7. The smallest absolute Gasteiger partial charge is 0.430 e. The van der Waals surface area contributed by atoms with Gasteiger partial charge in [-0.1, -0.05) is 47.6 Å². The molecule has 0 saturated carbocycles. The zero-order valence-corrected chi connectivity index (χ0v) is 20.2. The summed E-state index contributed by atoms with van der Waals surface area (Å²) < 4.78 is 11.1. The van der Waals surface area contributed by atoms with Crippen LogP contribution >= 0.6 is 0 Å². The van der Waals surface area contributed by atoms with Crippen LogP contribution in [0.5, 0.6) is 11.5 Å². The van der Waals surface area contributed by atoms with Gasteiger partial charge < -0.3 is 19.1 Å². The van der Waals surface area contributed by atoms with Crippen LogP contribution in [0, 0.1) is 0 Å². The van der Waals surface area contributed by atoms with Gasteiger partial charge in [-0.25, -0.2) is 4.79 Å². The standard InChI is InChI=1S/C28H29N3O5/c1-33-25-9-5-8-22(18-25)26-19-28(36-30-26)14-16-31(17-15-28)35-27(32)29-23-10-12-24(13-11-23)34-20-21-6-3-2-4-7-21/h2-13,18H,14-17,19-20H2,1H3,(H,29,32). The second-order valence-electron chi connectivity index (χ2n) is 8.95. The molecule has 3 aromatic rings. The highest BCUT2D eigenvalue weighted by molar-refractivity contribution is 6.02. The number of hydroxylamine groups is 2. The fourth-order valence-corrected chi connectivity index (χ4v) is 4.37. The second-order valence-corrected chi connectivity index (χ2v) is 8.95. The number of anilines is 1. The van der Waals surface area contributed by atoms with Gasteiger partial charge in [0.05, 0.1) is 12.8 Å². The van der Waals surface area contributed by atoms with Crippen molar-refractivity contribution >= 4 is 17.5 Å². The zero-order chi connectivity index (χ0) is 24.8. The van der Waals surface area contributed by atoms with E-state index < -0.39 is 6.09 Å². The van der Waals surface area contributed by atoms with Crippen LogP contribution in [-0.4, -0.2) is 42.7 Å². The Morgan fingerprint density at radius 1 is 1.00 bits per heavy atom. The maximum absolute atomic E-state index is 12.4. The summed E-state index contributed by atoms with van der Waals surface area (Å²) in [6.45, 7) is 1.63. The van der Waals surface area contributed by atoms with Crippen LogP contribution in [0.2, 0.25) is 0 Å². The van der Waals surface area contributed by atoms with Crippen molar-refractivity contribution in [3.8, 4) is 11.5 Å². The molecule has 8 nitrogen and oxygen atoms in total. The summed E-state index contributed by atoms with van der Waals surface area (Å²) in [7, 11) is 1.65. The monoisotopic (exact) mass is 487 g/mol. The molecule has 1 spiro atoms. The molecule has 2 aliphatic heterocycles. The normalized spacial score (nSPS) is 16.6. The van der Waals surface area contributed by atoms with Gasteiger partial charge in [-0.15, -0.1) is 5.06 Å². The molecule has 0 aromatic heterocycles. The van der Waals surface area contributed by atoms with E-state index in [9.17, 15) is 4.79 Å². The summed E-state index contributed by atoms with van der Waals surface area (Å²) in [6, 6.07) is 25.0. The number of nitrogens with one attached hydrogen (secondary N) is 1. The number of ether oxygens (including phenoxy) is 2. The number of carbonyl (C=O) groups excluding carboxylic acids is 1. The van der Waals surface area contributed by atoms with Gasteiger partial charge >= 0.3 is 6.09 Å². The fourth-order valence-electron chi connectivity index (χ4n) is 4.37. The van der Waals surface area contributed by atoms with E-state index in [4.69, 9.17) is 19.1 Å². The maximum Gasteiger partial charge on any atom is 0.430 e. The number of methoxy groups -OCH3 is 1. The Labute approximate surface area is 210 Å². The number of benzene rings is 3. The van der Waals surface area contributed by atoms with Crippen LogP contribution in [0.15, 0.2) is 84.0 Å². The largest absolute Gasteiger partial charge is 0.497 e. The molecule has 1 N–H and O–H groups in total. The van der Waals surface area contributed by atoms with Crippen LogP contribution in [0.1, 0.15) is 30.4 Å². The first-order valence-corrected chi connectivity index (χ1v) is 12.0. The number of oxime groups is 1. The molecular formula is C28H29N3O5. The number of piperidine rings is 1. The summed E-state index contributed by atoms with van der Waals surface area (Å²) in [6.07, 6.45) is 1.62. The van der Waals surface area contributed by atoms with E-state index in [0.717, 1.165) is 34.8 Å². The summed E-state index contributed by atoms with van der Waals surface area (Å²) in [4.78, 5) is 23.8. The fraction of sp³-hybridized carbons (Fsp3) is 0.286. The Balaban J connectivity index is 1.06. The highest BCUT2D eigenvalue weighted by Gasteiger charge is 2.43. The van der Waals surface area contributed by atoms with Gasteiger partial charge in [-0.3, -0.25) is 5.32 Å². The molecule has 8 heteroatoms. The van der Waals surface area contributed by atoms with Gasteiger partial charge in [0.1, 0.15) is 23.7 Å². The van der Waals surface area contributed by atoms with Crippen LogP contribution in [0.25, 0.3) is 0 Å². The number of amides is 1. The summed E-state index contributed by atoms with van der Waals surface area (Å²) in [5, 5.41) is 8.79. The SMILES string of the molecule is COc1cccc(C2=NOC3(CCN(OC(=O)Nc4ccc(OCc5ccccc5)cc4)CC3)C2)c1. The molecule has 186 valence electrons. The van der Waals surface area contributed by atoms with E-state index >= 15 is 0 Å². The number of hydrogen-bond donors (Lipinski definition) is 1. The molecule has 0 unspecified atom stereocenters. The lowest BCUT2D eigenvalue weighted by atomic mass is 9.86. The quantitative estimate of drug-likeness (QED) is 0.481. The number of rotatable bonds is 7. The number of nitrogens with zero attached hydrogens (tertiary/aromatic N) is 2. The third kappa shape index (κ3) is 5.78. The molecule has 36 heavy (non-hydrogen) atoms. The van der Waals surface area contributed by atoms with Crippen LogP contribution in [0.3, 0.4) is 0 Å². The predicted molar refractivity (Wildman–Crippen MR) is 136 cm³/mol. The Morgan fingerprint density at radius 3 is 2.53 bits per heavy atom. The number of hydrogen-bond acceptors (Lipinski definition) is 7. The molecule has 0 radical (unpaired) electrons. The first-order valence-electron chi connectivity index (χ1n) is 12.0. The molecule has 5 rings (SSSR count). The molecule has 2 heterocycles. The average molecular weight is 488 g/mol. The molecule has 3 aromatic carbocycles. The highest BCUT2D eigenvalue weighted by atomic mass is 16.7. The third-order valence-corrected chi connectivity index (χ3v) is 6.44. The predicted octanol–water partition coefficient (Wildman–Crippen LogP) is 5.40. The minimum atomic E-state index is -0.524. The lowest BCUT2D eigenvalue weighted by molar-refractivity contribution is -0.154. The first-order chi connectivity index (χ1) is 17.6. The van der Waals surface area contributed by atoms with Crippen molar-refractivity contribution < 1.29 is 23.9 Å². The van der Waals surface area contributed by atoms with Crippen molar-refractivity contribution in [3.63, 3.8) is 0 Å². The van der Waals surface area contributed by atoms with Crippen molar-refractivity contribution in [1.29, 1.82) is 0 Å². The minimum absolute atomic E-state index is 0.357. The van der Waals surface area contributed by atoms with Crippen molar-refractivity contribution in [2.45, 2.75) is 31.5 Å². The lowest BCUT2D eigenvalue weighted by Gasteiger charge is -2.35.